The number of rotatable bonds is 9. The predicted molar refractivity (Wildman–Crippen MR) is 75.9 cm³/mol. The molecule has 0 saturated heterocycles. The van der Waals surface area contributed by atoms with E-state index in [1.807, 2.05) is 0 Å². The molecule has 1 aromatic heterocycles. The summed E-state index contributed by atoms with van der Waals surface area (Å²) in [4.78, 5) is 10.9. The van der Waals surface area contributed by atoms with Gasteiger partial charge in [-0.3, -0.25) is 0 Å². The zero-order valence-electron chi connectivity index (χ0n) is 12.2. The van der Waals surface area contributed by atoms with E-state index in [4.69, 9.17) is 14.6 Å². The van der Waals surface area contributed by atoms with Crippen molar-refractivity contribution in [3.8, 4) is 0 Å². The van der Waals surface area contributed by atoms with E-state index in [0.29, 0.717) is 12.8 Å². The van der Waals surface area contributed by atoms with Gasteiger partial charge in [0.25, 0.3) is 0 Å². The number of aromatic carboxylic acids is 1. The number of carbonyl (C=O) groups is 1. The molecular formula is C13H21NO6S. The van der Waals surface area contributed by atoms with Gasteiger partial charge in [-0.25, -0.2) is 17.9 Å². The molecule has 0 aliphatic heterocycles. The van der Waals surface area contributed by atoms with Gasteiger partial charge in [-0.1, -0.05) is 12.8 Å². The van der Waals surface area contributed by atoms with Crippen LogP contribution in [0.5, 0.6) is 0 Å². The maximum absolute atomic E-state index is 12.2. The summed E-state index contributed by atoms with van der Waals surface area (Å²) in [7, 11) is -3.91. The predicted octanol–water partition coefficient (Wildman–Crippen LogP) is 1.43. The molecule has 1 heterocycles. The number of carboxylic acids is 1. The van der Waals surface area contributed by atoms with Crippen LogP contribution in [-0.2, 0) is 10.0 Å². The minimum absolute atomic E-state index is 0.0673. The minimum Gasteiger partial charge on any atom is -0.478 e. The lowest BCUT2D eigenvalue weighted by molar-refractivity contribution is 0.0691. The normalized spacial score (nSPS) is 11.8. The van der Waals surface area contributed by atoms with Crippen LogP contribution in [0.2, 0.25) is 0 Å². The Hall–Kier alpha value is -1.38. The topological polar surface area (TPSA) is 117 Å². The highest BCUT2D eigenvalue weighted by Crippen LogP contribution is 2.26. The second-order valence-corrected chi connectivity index (χ2v) is 6.46. The van der Waals surface area contributed by atoms with Gasteiger partial charge in [0.1, 0.15) is 22.0 Å². The van der Waals surface area contributed by atoms with Crippen LogP contribution >= 0.6 is 0 Å². The molecule has 0 unspecified atom stereocenters. The van der Waals surface area contributed by atoms with Gasteiger partial charge in [0.05, 0.1) is 0 Å². The number of sulfonamides is 1. The fraction of sp³-hybridized carbons (Fsp3) is 0.615. The van der Waals surface area contributed by atoms with Gasteiger partial charge >= 0.3 is 5.97 Å². The standard InChI is InChI=1S/C13H21NO6S/c1-9-11(13(16)17)12(10(2)20-9)21(18,19)14-7-5-3-4-6-8-15/h14-15H,3-8H2,1-2H3,(H,16,17). The van der Waals surface area contributed by atoms with E-state index in [1.165, 1.54) is 13.8 Å². The van der Waals surface area contributed by atoms with Crippen molar-refractivity contribution in [1.29, 1.82) is 0 Å². The first-order valence-electron chi connectivity index (χ1n) is 6.75. The molecule has 21 heavy (non-hydrogen) atoms. The second kappa shape index (κ2) is 7.58. The highest BCUT2D eigenvalue weighted by molar-refractivity contribution is 7.89. The average molecular weight is 319 g/mol. The molecule has 1 rings (SSSR count). The molecular weight excluding hydrogens is 298 g/mol. The van der Waals surface area contributed by atoms with E-state index in [1.54, 1.807) is 0 Å². The zero-order valence-corrected chi connectivity index (χ0v) is 13.0. The van der Waals surface area contributed by atoms with Gasteiger partial charge in [-0.2, -0.15) is 0 Å². The first-order valence-corrected chi connectivity index (χ1v) is 8.23. The summed E-state index contributed by atoms with van der Waals surface area (Å²) < 4.78 is 31.9. The highest BCUT2D eigenvalue weighted by atomic mass is 32.2. The van der Waals surface area contributed by atoms with Crippen molar-refractivity contribution in [2.24, 2.45) is 0 Å². The minimum atomic E-state index is -3.91. The zero-order chi connectivity index (χ0) is 16.0. The summed E-state index contributed by atoms with van der Waals surface area (Å²) >= 11 is 0. The quantitative estimate of drug-likeness (QED) is 0.593. The molecule has 3 N–H and O–H groups in total. The Balaban J connectivity index is 2.77. The lowest BCUT2D eigenvalue weighted by Crippen LogP contribution is -2.26. The van der Waals surface area contributed by atoms with Crippen molar-refractivity contribution in [2.45, 2.75) is 44.4 Å². The Bertz CT molecular complexity index is 590. The Morgan fingerprint density at radius 3 is 2.33 bits per heavy atom. The highest BCUT2D eigenvalue weighted by Gasteiger charge is 2.30. The fourth-order valence-electron chi connectivity index (χ4n) is 2.10. The summed E-state index contributed by atoms with van der Waals surface area (Å²) in [5.41, 5.74) is -0.319. The molecule has 0 spiro atoms. The third-order valence-electron chi connectivity index (χ3n) is 3.06. The van der Waals surface area contributed by atoms with Gasteiger partial charge in [-0.15, -0.1) is 0 Å². The Morgan fingerprint density at radius 2 is 1.76 bits per heavy atom. The van der Waals surface area contributed by atoms with Crippen LogP contribution in [-0.4, -0.2) is 37.8 Å². The van der Waals surface area contributed by atoms with E-state index < -0.39 is 16.0 Å². The summed E-state index contributed by atoms with van der Waals surface area (Å²) in [5.74, 6) is -1.19. The van der Waals surface area contributed by atoms with Crippen molar-refractivity contribution >= 4 is 16.0 Å². The summed E-state index contributed by atoms with van der Waals surface area (Å²) in [5, 5.41) is 17.8. The number of hydrogen-bond donors (Lipinski definition) is 3. The smallest absolute Gasteiger partial charge is 0.340 e. The van der Waals surface area contributed by atoms with E-state index >= 15 is 0 Å². The SMILES string of the molecule is Cc1oc(C)c(S(=O)(=O)NCCCCCCO)c1C(=O)O. The van der Waals surface area contributed by atoms with Gasteiger partial charge in [0.2, 0.25) is 10.0 Å². The molecule has 120 valence electrons. The lowest BCUT2D eigenvalue weighted by Gasteiger charge is -2.07. The van der Waals surface area contributed by atoms with Crippen molar-refractivity contribution in [2.75, 3.05) is 13.2 Å². The molecule has 0 amide bonds. The average Bonchev–Trinajstić information content (AvgIpc) is 2.69. The van der Waals surface area contributed by atoms with Crippen LogP contribution in [0.3, 0.4) is 0 Å². The number of aliphatic hydroxyl groups is 1. The van der Waals surface area contributed by atoms with E-state index in [-0.39, 0.29) is 35.1 Å². The number of furan rings is 1. The molecule has 0 saturated carbocycles. The largest absolute Gasteiger partial charge is 0.478 e. The number of unbranched alkanes of at least 4 members (excludes halogenated alkanes) is 3. The van der Waals surface area contributed by atoms with Crippen LogP contribution in [0, 0.1) is 13.8 Å². The first kappa shape index (κ1) is 17.7. The van der Waals surface area contributed by atoms with Crippen LogP contribution in [0.25, 0.3) is 0 Å². The van der Waals surface area contributed by atoms with Crippen LogP contribution in [0.15, 0.2) is 9.31 Å². The monoisotopic (exact) mass is 319 g/mol. The number of aliphatic hydroxyl groups excluding tert-OH is 1. The molecule has 0 atom stereocenters. The molecule has 7 nitrogen and oxygen atoms in total. The van der Waals surface area contributed by atoms with Gasteiger partial charge in [0.15, 0.2) is 0 Å². The van der Waals surface area contributed by atoms with Crippen molar-refractivity contribution in [3.63, 3.8) is 0 Å². The molecule has 0 radical (unpaired) electrons. The van der Waals surface area contributed by atoms with Gasteiger partial charge in [-0.05, 0) is 26.7 Å². The van der Waals surface area contributed by atoms with Crippen molar-refractivity contribution < 1.29 is 27.8 Å². The van der Waals surface area contributed by atoms with Crippen LogP contribution in [0.1, 0.15) is 47.6 Å². The third-order valence-corrected chi connectivity index (χ3v) is 4.68. The Kier molecular flexibility index (Phi) is 6.38. The Labute approximate surface area is 124 Å². The third kappa shape index (κ3) is 4.55. The first-order chi connectivity index (χ1) is 9.81. The van der Waals surface area contributed by atoms with Crippen LogP contribution in [0.4, 0.5) is 0 Å². The molecule has 0 fully saturated rings. The number of hydrogen-bond acceptors (Lipinski definition) is 5. The molecule has 0 aliphatic carbocycles. The second-order valence-electron chi connectivity index (χ2n) is 4.76. The van der Waals surface area contributed by atoms with Gasteiger partial charge < -0.3 is 14.6 Å². The van der Waals surface area contributed by atoms with Crippen molar-refractivity contribution in [1.82, 2.24) is 4.72 Å². The molecule has 0 aromatic carbocycles. The molecule has 0 bridgehead atoms. The summed E-state index contributed by atoms with van der Waals surface area (Å²) in [6.07, 6.45) is 2.92. The maximum atomic E-state index is 12.2. The number of carboxylic acid groups (broad SMARTS) is 1. The van der Waals surface area contributed by atoms with E-state index in [0.717, 1.165) is 12.8 Å². The number of nitrogens with one attached hydrogen (secondary N) is 1. The van der Waals surface area contributed by atoms with E-state index in [2.05, 4.69) is 4.72 Å². The van der Waals surface area contributed by atoms with Crippen molar-refractivity contribution in [3.05, 3.63) is 17.1 Å². The lowest BCUT2D eigenvalue weighted by atomic mass is 10.2. The summed E-state index contributed by atoms with van der Waals surface area (Å²) in [6.45, 7) is 3.19. The van der Waals surface area contributed by atoms with Crippen LogP contribution < -0.4 is 4.72 Å². The number of aryl methyl sites for hydroxylation is 2. The molecule has 8 heteroatoms. The Morgan fingerprint density at radius 1 is 1.14 bits per heavy atom. The molecule has 1 aromatic rings. The maximum Gasteiger partial charge on any atom is 0.340 e. The van der Waals surface area contributed by atoms with E-state index in [9.17, 15) is 13.2 Å². The van der Waals surface area contributed by atoms with Gasteiger partial charge in [0, 0.05) is 13.2 Å². The fourth-order valence-corrected chi connectivity index (χ4v) is 3.58. The summed E-state index contributed by atoms with van der Waals surface area (Å²) in [6, 6.07) is 0. The molecule has 0 aliphatic rings.